The molecule has 2 N–H and O–H groups in total. The molecule has 0 aromatic heterocycles. The van der Waals surface area contributed by atoms with Gasteiger partial charge in [-0.25, -0.2) is 0 Å². The molecule has 0 radical (unpaired) electrons. The molecule has 1 aromatic carbocycles. The molecule has 3 nitrogen and oxygen atoms in total. The summed E-state index contributed by atoms with van der Waals surface area (Å²) in [5.41, 5.74) is 1.16. The maximum atomic E-state index is 9.45. The lowest BCUT2D eigenvalue weighted by atomic mass is 10.3. The third-order valence-electron chi connectivity index (χ3n) is 1.54. The first-order chi connectivity index (χ1) is 6.85. The van der Waals surface area contributed by atoms with Crippen LogP contribution in [0.1, 0.15) is 13.3 Å². The average Bonchev–Trinajstić information content (AvgIpc) is 2.28. The Labute approximate surface area is 85.5 Å². The van der Waals surface area contributed by atoms with Gasteiger partial charge in [-0.05, 0) is 18.6 Å². The largest absolute Gasteiger partial charge is 0.388 e. The molecule has 1 rings (SSSR count). The molecule has 3 heteroatoms. The fraction of sp³-hybridized carbons (Fsp3) is 0.364. The summed E-state index contributed by atoms with van der Waals surface area (Å²) in [6.07, 6.45) is 1.72. The Balaban J connectivity index is 0.000000255. The Morgan fingerprint density at radius 3 is 2.21 bits per heavy atom. The van der Waals surface area contributed by atoms with Crippen molar-refractivity contribution in [3.05, 3.63) is 30.3 Å². The van der Waals surface area contributed by atoms with Gasteiger partial charge in [-0.3, -0.25) is 4.79 Å². The first-order valence-electron chi connectivity index (χ1n) is 4.75. The van der Waals surface area contributed by atoms with Gasteiger partial charge in [0, 0.05) is 19.3 Å². The third-order valence-corrected chi connectivity index (χ3v) is 1.54. The van der Waals surface area contributed by atoms with E-state index in [0.717, 1.165) is 18.7 Å². The van der Waals surface area contributed by atoms with E-state index >= 15 is 0 Å². The van der Waals surface area contributed by atoms with Crippen molar-refractivity contribution in [3.8, 4) is 0 Å². The van der Waals surface area contributed by atoms with E-state index in [2.05, 4.69) is 10.6 Å². The van der Waals surface area contributed by atoms with E-state index < -0.39 is 0 Å². The Morgan fingerprint density at radius 2 is 1.93 bits per heavy atom. The highest BCUT2D eigenvalue weighted by molar-refractivity contribution is 5.45. The molecule has 0 bridgehead atoms. The molecule has 78 valence electrons. The van der Waals surface area contributed by atoms with E-state index in [1.807, 2.05) is 44.3 Å². The van der Waals surface area contributed by atoms with Gasteiger partial charge in [-0.2, -0.15) is 0 Å². The molecular weight excluding hydrogens is 176 g/mol. The van der Waals surface area contributed by atoms with Crippen LogP contribution >= 0.6 is 0 Å². The predicted molar refractivity (Wildman–Crippen MR) is 60.3 cm³/mol. The van der Waals surface area contributed by atoms with Crippen molar-refractivity contribution in [2.45, 2.75) is 13.3 Å². The fourth-order valence-electron chi connectivity index (χ4n) is 0.808. The quantitative estimate of drug-likeness (QED) is 0.567. The summed E-state index contributed by atoms with van der Waals surface area (Å²) in [6.45, 7) is 2.81. The number of amides is 1. The molecule has 1 amide bonds. The summed E-state index contributed by atoms with van der Waals surface area (Å²) in [7, 11) is 1.91. The van der Waals surface area contributed by atoms with Gasteiger partial charge in [-0.15, -0.1) is 0 Å². The minimum atomic E-state index is 0.712. The van der Waals surface area contributed by atoms with Crippen molar-refractivity contribution < 1.29 is 4.79 Å². The third kappa shape index (κ3) is 7.16. The predicted octanol–water partition coefficient (Wildman–Crippen LogP) is 1.87. The zero-order valence-electron chi connectivity index (χ0n) is 8.79. The van der Waals surface area contributed by atoms with Crippen molar-refractivity contribution in [2.75, 3.05) is 18.9 Å². The molecule has 0 unspecified atom stereocenters. The van der Waals surface area contributed by atoms with E-state index in [4.69, 9.17) is 0 Å². The summed E-state index contributed by atoms with van der Waals surface area (Å²) in [5, 5.41) is 5.54. The minimum Gasteiger partial charge on any atom is -0.388 e. The zero-order valence-corrected chi connectivity index (χ0v) is 8.79. The zero-order chi connectivity index (χ0) is 10.6. The van der Waals surface area contributed by atoms with Gasteiger partial charge < -0.3 is 10.6 Å². The van der Waals surface area contributed by atoms with E-state index in [9.17, 15) is 4.79 Å². The van der Waals surface area contributed by atoms with Crippen molar-refractivity contribution in [2.24, 2.45) is 0 Å². The summed E-state index contributed by atoms with van der Waals surface area (Å²) in [6, 6.07) is 10.1. The highest BCUT2D eigenvalue weighted by Crippen LogP contribution is 2.01. The topological polar surface area (TPSA) is 41.1 Å². The van der Waals surface area contributed by atoms with E-state index in [0.29, 0.717) is 6.41 Å². The van der Waals surface area contributed by atoms with E-state index in [1.54, 1.807) is 0 Å². The molecule has 0 atom stereocenters. The average molecular weight is 194 g/mol. The van der Waals surface area contributed by atoms with Crippen molar-refractivity contribution in [1.82, 2.24) is 5.32 Å². The van der Waals surface area contributed by atoms with Gasteiger partial charge in [0.05, 0.1) is 0 Å². The molecule has 14 heavy (non-hydrogen) atoms. The van der Waals surface area contributed by atoms with Gasteiger partial charge in [0.1, 0.15) is 0 Å². The van der Waals surface area contributed by atoms with E-state index in [-0.39, 0.29) is 0 Å². The second kappa shape index (κ2) is 9.58. The van der Waals surface area contributed by atoms with Crippen LogP contribution in [0.15, 0.2) is 30.3 Å². The molecule has 0 aliphatic carbocycles. The Kier molecular flexibility index (Phi) is 8.54. The molecule has 1 aromatic rings. The molecule has 0 saturated heterocycles. The van der Waals surface area contributed by atoms with Crippen LogP contribution in [0.3, 0.4) is 0 Å². The Morgan fingerprint density at radius 1 is 1.29 bits per heavy atom. The number of hydrogen-bond acceptors (Lipinski definition) is 2. The number of para-hydroxylation sites is 1. The normalized spacial score (nSPS) is 8.14. The van der Waals surface area contributed by atoms with Crippen molar-refractivity contribution in [1.29, 1.82) is 0 Å². The van der Waals surface area contributed by atoms with E-state index in [1.165, 1.54) is 0 Å². The SMILES string of the molecule is CCCNC=O.CNc1ccccc1. The summed E-state index contributed by atoms with van der Waals surface area (Å²) in [5.74, 6) is 0. The second-order valence-corrected chi connectivity index (χ2v) is 2.69. The molecule has 0 fully saturated rings. The Hall–Kier alpha value is -1.51. The lowest BCUT2D eigenvalue weighted by Crippen LogP contribution is -2.10. The highest BCUT2D eigenvalue weighted by atomic mass is 16.1. The molecule has 0 spiro atoms. The molecular formula is C11H18N2O. The van der Waals surface area contributed by atoms with Crippen LogP contribution in [-0.2, 0) is 4.79 Å². The van der Waals surface area contributed by atoms with Gasteiger partial charge >= 0.3 is 0 Å². The molecule has 0 aliphatic rings. The van der Waals surface area contributed by atoms with Crippen LogP contribution in [-0.4, -0.2) is 20.0 Å². The van der Waals surface area contributed by atoms with Crippen LogP contribution in [0.25, 0.3) is 0 Å². The van der Waals surface area contributed by atoms with Gasteiger partial charge in [0.25, 0.3) is 0 Å². The maximum Gasteiger partial charge on any atom is 0.207 e. The summed E-state index contributed by atoms with van der Waals surface area (Å²) >= 11 is 0. The number of rotatable bonds is 4. The van der Waals surface area contributed by atoms with Crippen LogP contribution < -0.4 is 10.6 Å². The Bertz CT molecular complexity index is 224. The van der Waals surface area contributed by atoms with Crippen LogP contribution in [0.2, 0.25) is 0 Å². The second-order valence-electron chi connectivity index (χ2n) is 2.69. The lowest BCUT2D eigenvalue weighted by molar-refractivity contribution is -0.109. The first kappa shape index (κ1) is 12.5. The van der Waals surface area contributed by atoms with Crippen LogP contribution in [0, 0.1) is 0 Å². The number of carbonyl (C=O) groups excluding carboxylic acids is 1. The van der Waals surface area contributed by atoms with Crippen molar-refractivity contribution >= 4 is 12.1 Å². The summed E-state index contributed by atoms with van der Waals surface area (Å²) < 4.78 is 0. The lowest BCUT2D eigenvalue weighted by Gasteiger charge is -1.94. The smallest absolute Gasteiger partial charge is 0.207 e. The number of nitrogens with one attached hydrogen (secondary N) is 2. The highest BCUT2D eigenvalue weighted by Gasteiger charge is 1.77. The monoisotopic (exact) mass is 194 g/mol. The molecule has 0 heterocycles. The van der Waals surface area contributed by atoms with Gasteiger partial charge in [-0.1, -0.05) is 25.1 Å². The van der Waals surface area contributed by atoms with Gasteiger partial charge in [0.15, 0.2) is 0 Å². The maximum absolute atomic E-state index is 9.45. The molecule has 0 saturated carbocycles. The van der Waals surface area contributed by atoms with Crippen LogP contribution in [0.4, 0.5) is 5.69 Å². The number of hydrogen-bond donors (Lipinski definition) is 2. The number of benzene rings is 1. The van der Waals surface area contributed by atoms with Gasteiger partial charge in [0.2, 0.25) is 6.41 Å². The number of carbonyl (C=O) groups is 1. The van der Waals surface area contributed by atoms with Crippen LogP contribution in [0.5, 0.6) is 0 Å². The minimum absolute atomic E-state index is 0.712. The first-order valence-corrected chi connectivity index (χ1v) is 4.75. The summed E-state index contributed by atoms with van der Waals surface area (Å²) in [4.78, 5) is 9.45. The molecule has 0 aliphatic heterocycles. The standard InChI is InChI=1S/C7H9N.C4H9NO/c1-8-7-5-3-2-4-6-7;1-2-3-5-4-6/h2-6,8H,1H3;4H,2-3H2,1H3,(H,5,6). The fourth-order valence-corrected chi connectivity index (χ4v) is 0.808. The number of anilines is 1. The van der Waals surface area contributed by atoms with Crippen molar-refractivity contribution in [3.63, 3.8) is 0 Å².